The first-order valence-electron chi connectivity index (χ1n) is 4.73. The molecule has 0 atom stereocenters. The predicted molar refractivity (Wildman–Crippen MR) is 60.4 cm³/mol. The molecule has 16 heavy (non-hydrogen) atoms. The van der Waals surface area contributed by atoms with Gasteiger partial charge in [-0.3, -0.25) is 0 Å². The fourth-order valence-corrected chi connectivity index (χ4v) is 2.16. The maximum absolute atomic E-state index is 10.9. The molecule has 0 aliphatic carbocycles. The van der Waals surface area contributed by atoms with Crippen LogP contribution < -0.4 is 0 Å². The number of thiazole rings is 1. The van der Waals surface area contributed by atoms with E-state index in [4.69, 9.17) is 5.11 Å². The van der Waals surface area contributed by atoms with Gasteiger partial charge in [0.25, 0.3) is 0 Å². The minimum absolute atomic E-state index is 0.213. The van der Waals surface area contributed by atoms with Crippen molar-refractivity contribution in [2.45, 2.75) is 20.8 Å². The number of aryl methyl sites for hydroxylation is 3. The van der Waals surface area contributed by atoms with Crippen molar-refractivity contribution in [3.05, 3.63) is 28.0 Å². The van der Waals surface area contributed by atoms with Gasteiger partial charge in [-0.15, -0.1) is 0 Å². The number of aromatic nitrogens is 3. The highest BCUT2D eigenvalue weighted by atomic mass is 32.1. The molecule has 5 nitrogen and oxygen atoms in total. The van der Waals surface area contributed by atoms with Crippen LogP contribution in [0.2, 0.25) is 0 Å². The molecule has 1 N–H and O–H groups in total. The van der Waals surface area contributed by atoms with E-state index in [1.165, 1.54) is 22.2 Å². The Balaban J connectivity index is 2.49. The molecule has 2 aromatic rings. The van der Waals surface area contributed by atoms with Gasteiger partial charge in [0, 0.05) is 11.1 Å². The van der Waals surface area contributed by atoms with E-state index in [1.54, 1.807) is 6.92 Å². The summed E-state index contributed by atoms with van der Waals surface area (Å²) >= 11 is 1.50. The summed E-state index contributed by atoms with van der Waals surface area (Å²) in [6, 6.07) is 0. The van der Waals surface area contributed by atoms with Gasteiger partial charge in [-0.2, -0.15) is 5.10 Å². The molecule has 0 saturated carbocycles. The van der Waals surface area contributed by atoms with E-state index in [9.17, 15) is 4.79 Å². The molecule has 0 unspecified atom stereocenters. The van der Waals surface area contributed by atoms with Gasteiger partial charge in [-0.1, -0.05) is 11.3 Å². The third-order valence-electron chi connectivity index (χ3n) is 2.34. The topological polar surface area (TPSA) is 68.0 Å². The highest BCUT2D eigenvalue weighted by Gasteiger charge is 2.14. The van der Waals surface area contributed by atoms with Gasteiger partial charge in [0.05, 0.1) is 11.4 Å². The summed E-state index contributed by atoms with van der Waals surface area (Å²) < 4.78 is 1.52. The molecule has 0 bridgehead atoms. The fraction of sp³-hybridized carbons (Fsp3) is 0.300. The molecule has 2 heterocycles. The lowest BCUT2D eigenvalue weighted by Gasteiger charge is -1.91. The molecule has 84 valence electrons. The van der Waals surface area contributed by atoms with E-state index in [1.807, 2.05) is 13.8 Å². The zero-order valence-corrected chi connectivity index (χ0v) is 10.00. The molecule has 0 fully saturated rings. The van der Waals surface area contributed by atoms with Crippen molar-refractivity contribution in [2.24, 2.45) is 0 Å². The number of rotatable bonds is 2. The van der Waals surface area contributed by atoms with Crippen LogP contribution in [0.5, 0.6) is 0 Å². The van der Waals surface area contributed by atoms with Crippen LogP contribution in [0, 0.1) is 20.8 Å². The van der Waals surface area contributed by atoms with Gasteiger partial charge >= 0.3 is 5.97 Å². The van der Waals surface area contributed by atoms with Crippen molar-refractivity contribution >= 4 is 17.3 Å². The maximum Gasteiger partial charge on any atom is 0.339 e. The van der Waals surface area contributed by atoms with Gasteiger partial charge in [0.15, 0.2) is 0 Å². The van der Waals surface area contributed by atoms with Crippen molar-refractivity contribution in [3.8, 4) is 5.13 Å². The van der Waals surface area contributed by atoms with Crippen LogP contribution in [0.15, 0.2) is 6.20 Å². The van der Waals surface area contributed by atoms with Crippen molar-refractivity contribution in [2.75, 3.05) is 0 Å². The number of hydrogen-bond acceptors (Lipinski definition) is 4. The first kappa shape index (κ1) is 10.8. The minimum Gasteiger partial charge on any atom is -0.478 e. The van der Waals surface area contributed by atoms with Crippen molar-refractivity contribution in [1.29, 1.82) is 0 Å². The van der Waals surface area contributed by atoms with Gasteiger partial charge in [-0.05, 0) is 20.8 Å². The molecule has 0 saturated heterocycles. The van der Waals surface area contributed by atoms with Gasteiger partial charge in [0.1, 0.15) is 5.56 Å². The van der Waals surface area contributed by atoms with Crippen LogP contribution in [0.4, 0.5) is 0 Å². The summed E-state index contributed by atoms with van der Waals surface area (Å²) in [5, 5.41) is 13.8. The van der Waals surface area contributed by atoms with Gasteiger partial charge in [0.2, 0.25) is 5.13 Å². The van der Waals surface area contributed by atoms with Crippen LogP contribution in [0.25, 0.3) is 5.13 Å². The molecule has 2 rings (SSSR count). The molecule has 0 aliphatic heterocycles. The highest BCUT2D eigenvalue weighted by molar-refractivity contribution is 7.14. The minimum atomic E-state index is -0.964. The zero-order chi connectivity index (χ0) is 11.9. The Hall–Kier alpha value is -1.69. The van der Waals surface area contributed by atoms with Crippen LogP contribution in [-0.2, 0) is 0 Å². The average molecular weight is 237 g/mol. The van der Waals surface area contributed by atoms with Crippen LogP contribution >= 0.6 is 11.3 Å². The summed E-state index contributed by atoms with van der Waals surface area (Å²) in [6.45, 7) is 5.57. The number of nitrogens with zero attached hydrogens (tertiary/aromatic N) is 3. The summed E-state index contributed by atoms with van der Waals surface area (Å²) in [6.07, 6.45) is 1.50. The lowest BCUT2D eigenvalue weighted by Crippen LogP contribution is -1.95. The maximum atomic E-state index is 10.9. The van der Waals surface area contributed by atoms with E-state index in [-0.39, 0.29) is 5.56 Å². The predicted octanol–water partition coefficient (Wildman–Crippen LogP) is 1.95. The lowest BCUT2D eigenvalue weighted by atomic mass is 10.3. The second-order valence-corrected chi connectivity index (χ2v) is 4.70. The Morgan fingerprint density at radius 2 is 2.06 bits per heavy atom. The molecule has 0 amide bonds. The lowest BCUT2D eigenvalue weighted by molar-refractivity contribution is 0.0696. The highest BCUT2D eigenvalue weighted by Crippen LogP contribution is 2.20. The summed E-state index contributed by atoms with van der Waals surface area (Å²) in [5.74, 6) is -0.964. The summed E-state index contributed by atoms with van der Waals surface area (Å²) in [7, 11) is 0. The number of aromatic carboxylic acids is 1. The monoisotopic (exact) mass is 237 g/mol. The smallest absolute Gasteiger partial charge is 0.339 e. The fourth-order valence-electron chi connectivity index (χ4n) is 1.32. The van der Waals surface area contributed by atoms with E-state index in [0.717, 1.165) is 10.6 Å². The van der Waals surface area contributed by atoms with E-state index < -0.39 is 5.97 Å². The zero-order valence-electron chi connectivity index (χ0n) is 9.18. The number of hydrogen-bond donors (Lipinski definition) is 1. The van der Waals surface area contributed by atoms with E-state index in [0.29, 0.717) is 10.8 Å². The molecule has 0 aliphatic rings. The summed E-state index contributed by atoms with van der Waals surface area (Å²) in [4.78, 5) is 16.3. The third kappa shape index (κ3) is 1.71. The third-order valence-corrected chi connectivity index (χ3v) is 3.41. The molecular weight excluding hydrogens is 226 g/mol. The Bertz CT molecular complexity index is 537. The Kier molecular flexibility index (Phi) is 2.51. The molecule has 2 aromatic heterocycles. The number of carboxylic acid groups (broad SMARTS) is 1. The van der Waals surface area contributed by atoms with Crippen LogP contribution in [0.1, 0.15) is 26.6 Å². The molecule has 0 spiro atoms. The largest absolute Gasteiger partial charge is 0.478 e. The van der Waals surface area contributed by atoms with Gasteiger partial charge < -0.3 is 5.11 Å². The van der Waals surface area contributed by atoms with Crippen molar-refractivity contribution < 1.29 is 9.90 Å². The van der Waals surface area contributed by atoms with Crippen LogP contribution in [-0.4, -0.2) is 25.8 Å². The number of carboxylic acids is 1. The first-order valence-corrected chi connectivity index (χ1v) is 5.54. The molecule has 0 aromatic carbocycles. The van der Waals surface area contributed by atoms with Crippen molar-refractivity contribution in [1.82, 2.24) is 14.8 Å². The molecular formula is C10H11N3O2S. The SMILES string of the molecule is Cc1nn(-c2nc(C)c(C)s2)cc1C(=O)O. The van der Waals surface area contributed by atoms with Gasteiger partial charge in [-0.25, -0.2) is 14.5 Å². The van der Waals surface area contributed by atoms with Crippen molar-refractivity contribution in [3.63, 3.8) is 0 Å². The Morgan fingerprint density at radius 1 is 1.38 bits per heavy atom. The Morgan fingerprint density at radius 3 is 2.50 bits per heavy atom. The average Bonchev–Trinajstić information content (AvgIpc) is 2.71. The van der Waals surface area contributed by atoms with E-state index in [2.05, 4.69) is 10.1 Å². The number of carbonyl (C=O) groups is 1. The Labute approximate surface area is 96.4 Å². The van der Waals surface area contributed by atoms with Crippen LogP contribution in [0.3, 0.4) is 0 Å². The second kappa shape index (κ2) is 3.71. The quantitative estimate of drug-likeness (QED) is 0.866. The standard InChI is InChI=1S/C10H11N3O2S/c1-5-7(3)16-10(11-5)13-4-8(9(14)15)6(2)12-13/h4H,1-3H3,(H,14,15). The normalized spacial score (nSPS) is 10.7. The second-order valence-electron chi connectivity index (χ2n) is 3.52. The molecule has 6 heteroatoms. The summed E-state index contributed by atoms with van der Waals surface area (Å²) in [5.41, 5.74) is 1.66. The molecule has 0 radical (unpaired) electrons. The van der Waals surface area contributed by atoms with E-state index >= 15 is 0 Å². The first-order chi connectivity index (χ1) is 7.49.